The van der Waals surface area contributed by atoms with Crippen LogP contribution in [-0.2, 0) is 11.3 Å². The molecule has 144 valence electrons. The Morgan fingerprint density at radius 2 is 1.75 bits per heavy atom. The molecule has 0 unspecified atom stereocenters. The lowest BCUT2D eigenvalue weighted by atomic mass is 10.2. The van der Waals surface area contributed by atoms with Crippen molar-refractivity contribution in [2.45, 2.75) is 18.6 Å². The molecule has 2 aromatic carbocycles. The Balaban J connectivity index is 1.58. The number of aryl methyl sites for hydroxylation is 1. The molecule has 8 heteroatoms. The van der Waals surface area contributed by atoms with Gasteiger partial charge in [-0.1, -0.05) is 42.1 Å². The summed E-state index contributed by atoms with van der Waals surface area (Å²) >= 11 is 1.34. The highest BCUT2D eigenvalue weighted by molar-refractivity contribution is 7.99. The van der Waals surface area contributed by atoms with E-state index < -0.39 is 0 Å². The van der Waals surface area contributed by atoms with Crippen molar-refractivity contribution in [3.05, 3.63) is 71.5 Å². The maximum atomic E-state index is 12.3. The van der Waals surface area contributed by atoms with Crippen LogP contribution >= 0.6 is 11.8 Å². The quantitative estimate of drug-likeness (QED) is 0.601. The second-order valence-corrected chi connectivity index (χ2v) is 7.04. The van der Waals surface area contributed by atoms with Crippen molar-refractivity contribution in [3.63, 3.8) is 0 Å². The van der Waals surface area contributed by atoms with Crippen molar-refractivity contribution in [2.75, 3.05) is 18.1 Å². The monoisotopic (exact) mass is 395 g/mol. The fourth-order valence-electron chi connectivity index (χ4n) is 2.59. The van der Waals surface area contributed by atoms with Crippen LogP contribution in [0.4, 0.5) is 5.69 Å². The summed E-state index contributed by atoms with van der Waals surface area (Å²) < 4.78 is 1.99. The van der Waals surface area contributed by atoms with Crippen LogP contribution in [-0.4, -0.2) is 39.4 Å². The third-order valence-electron chi connectivity index (χ3n) is 4.08. The third-order valence-corrected chi connectivity index (χ3v) is 5.04. The number of nitrogens with zero attached hydrogens (tertiary/aromatic N) is 3. The van der Waals surface area contributed by atoms with Crippen LogP contribution in [0.15, 0.2) is 59.8 Å². The Morgan fingerprint density at radius 1 is 1.04 bits per heavy atom. The summed E-state index contributed by atoms with van der Waals surface area (Å²) in [7, 11) is 1.58. The first-order chi connectivity index (χ1) is 13.6. The molecule has 3 aromatic rings. The van der Waals surface area contributed by atoms with Gasteiger partial charge in [0.15, 0.2) is 5.16 Å². The summed E-state index contributed by atoms with van der Waals surface area (Å²) in [5.74, 6) is 0.701. The molecule has 2 amide bonds. The van der Waals surface area contributed by atoms with Crippen LogP contribution in [0.1, 0.15) is 21.7 Å². The normalized spacial score (nSPS) is 10.5. The first-order valence-electron chi connectivity index (χ1n) is 8.75. The van der Waals surface area contributed by atoms with Crippen molar-refractivity contribution < 1.29 is 9.59 Å². The minimum atomic E-state index is -0.165. The second-order valence-electron chi connectivity index (χ2n) is 6.09. The smallest absolute Gasteiger partial charge is 0.251 e. The van der Waals surface area contributed by atoms with Crippen LogP contribution in [0.3, 0.4) is 0 Å². The average molecular weight is 395 g/mol. The van der Waals surface area contributed by atoms with E-state index >= 15 is 0 Å². The molecule has 0 saturated carbocycles. The summed E-state index contributed by atoms with van der Waals surface area (Å²) in [5.41, 5.74) is 2.33. The molecule has 3 rings (SSSR count). The second kappa shape index (κ2) is 9.18. The zero-order valence-corrected chi connectivity index (χ0v) is 16.5. The fraction of sp³-hybridized carbons (Fsp3) is 0.200. The van der Waals surface area contributed by atoms with Gasteiger partial charge in [-0.05, 0) is 36.8 Å². The number of rotatable bonds is 7. The molecule has 1 heterocycles. The highest BCUT2D eigenvalue weighted by Gasteiger charge is 2.12. The molecule has 0 radical (unpaired) electrons. The molecule has 0 bridgehead atoms. The van der Waals surface area contributed by atoms with E-state index in [2.05, 4.69) is 20.8 Å². The van der Waals surface area contributed by atoms with E-state index in [1.807, 2.05) is 41.8 Å². The Hall–Kier alpha value is -3.13. The van der Waals surface area contributed by atoms with Crippen molar-refractivity contribution in [3.8, 4) is 0 Å². The third kappa shape index (κ3) is 4.98. The minimum Gasteiger partial charge on any atom is -0.355 e. The molecule has 0 aliphatic heterocycles. The van der Waals surface area contributed by atoms with Gasteiger partial charge in [0.25, 0.3) is 5.91 Å². The van der Waals surface area contributed by atoms with Gasteiger partial charge < -0.3 is 15.2 Å². The maximum absolute atomic E-state index is 12.3. The number of hydrogen-bond donors (Lipinski definition) is 2. The Morgan fingerprint density at radius 3 is 2.43 bits per heavy atom. The van der Waals surface area contributed by atoms with E-state index in [4.69, 9.17) is 0 Å². The maximum Gasteiger partial charge on any atom is 0.251 e. The van der Waals surface area contributed by atoms with Gasteiger partial charge in [-0.15, -0.1) is 10.2 Å². The highest BCUT2D eigenvalue weighted by Crippen LogP contribution is 2.19. The number of amides is 2. The van der Waals surface area contributed by atoms with Crippen molar-refractivity contribution in [1.82, 2.24) is 20.1 Å². The van der Waals surface area contributed by atoms with Crippen molar-refractivity contribution in [1.29, 1.82) is 0 Å². The number of benzene rings is 2. The lowest BCUT2D eigenvalue weighted by Gasteiger charge is -2.09. The van der Waals surface area contributed by atoms with E-state index in [1.54, 1.807) is 31.3 Å². The van der Waals surface area contributed by atoms with Crippen LogP contribution in [0.5, 0.6) is 0 Å². The van der Waals surface area contributed by atoms with Crippen LogP contribution in [0.2, 0.25) is 0 Å². The number of nitrogens with one attached hydrogen (secondary N) is 2. The van der Waals surface area contributed by atoms with E-state index in [1.165, 1.54) is 11.8 Å². The largest absolute Gasteiger partial charge is 0.355 e. The summed E-state index contributed by atoms with van der Waals surface area (Å²) in [6.07, 6.45) is 0. The van der Waals surface area contributed by atoms with E-state index in [0.717, 1.165) is 11.4 Å². The Bertz CT molecular complexity index is 954. The summed E-state index contributed by atoms with van der Waals surface area (Å²) in [5, 5.41) is 14.4. The Labute approximate surface area is 167 Å². The number of anilines is 1. The van der Waals surface area contributed by atoms with Crippen LogP contribution in [0, 0.1) is 6.92 Å². The molecule has 0 aliphatic carbocycles. The summed E-state index contributed by atoms with van der Waals surface area (Å²) in [6.45, 7) is 2.55. The van der Waals surface area contributed by atoms with E-state index in [-0.39, 0.29) is 17.6 Å². The number of hydrogen-bond acceptors (Lipinski definition) is 5. The van der Waals surface area contributed by atoms with Crippen molar-refractivity contribution in [2.24, 2.45) is 0 Å². The van der Waals surface area contributed by atoms with E-state index in [0.29, 0.717) is 23.0 Å². The van der Waals surface area contributed by atoms with Crippen LogP contribution < -0.4 is 10.6 Å². The van der Waals surface area contributed by atoms with Gasteiger partial charge in [0, 0.05) is 18.3 Å². The average Bonchev–Trinajstić information content (AvgIpc) is 3.06. The first kappa shape index (κ1) is 19.6. The molecule has 1 aromatic heterocycles. The molecule has 0 atom stereocenters. The predicted molar refractivity (Wildman–Crippen MR) is 109 cm³/mol. The highest BCUT2D eigenvalue weighted by atomic mass is 32.2. The molecule has 7 nitrogen and oxygen atoms in total. The predicted octanol–water partition coefficient (Wildman–Crippen LogP) is 2.73. The molecule has 2 N–H and O–H groups in total. The number of thioether (sulfide) groups is 1. The summed E-state index contributed by atoms with van der Waals surface area (Å²) in [6, 6.07) is 16.8. The molecule has 28 heavy (non-hydrogen) atoms. The standard InChI is InChI=1S/C20H21N5O2S/c1-14-23-24-20(25(14)12-15-6-4-3-5-7-15)28-13-18(26)22-17-10-8-16(9-11-17)19(27)21-2/h3-11H,12-13H2,1-2H3,(H,21,27)(H,22,26). The van der Waals surface area contributed by atoms with Gasteiger partial charge in [0.1, 0.15) is 5.82 Å². The number of carbonyl (C=O) groups excluding carboxylic acids is 2. The topological polar surface area (TPSA) is 88.9 Å². The Kier molecular flexibility index (Phi) is 6.44. The molecular formula is C20H21N5O2S. The zero-order chi connectivity index (χ0) is 19.9. The zero-order valence-electron chi connectivity index (χ0n) is 15.7. The minimum absolute atomic E-state index is 0.149. The van der Waals surface area contributed by atoms with Gasteiger partial charge in [0.05, 0.1) is 12.3 Å². The molecular weight excluding hydrogens is 374 g/mol. The fourth-order valence-corrected chi connectivity index (χ4v) is 3.38. The van der Waals surface area contributed by atoms with E-state index in [9.17, 15) is 9.59 Å². The molecule has 0 saturated heterocycles. The first-order valence-corrected chi connectivity index (χ1v) is 9.74. The van der Waals surface area contributed by atoms with Gasteiger partial charge in [-0.2, -0.15) is 0 Å². The van der Waals surface area contributed by atoms with Gasteiger partial charge >= 0.3 is 0 Å². The van der Waals surface area contributed by atoms with Crippen LogP contribution in [0.25, 0.3) is 0 Å². The van der Waals surface area contributed by atoms with Gasteiger partial charge in [0.2, 0.25) is 5.91 Å². The molecule has 0 spiro atoms. The lowest BCUT2D eigenvalue weighted by Crippen LogP contribution is -2.18. The summed E-state index contributed by atoms with van der Waals surface area (Å²) in [4.78, 5) is 23.8. The lowest BCUT2D eigenvalue weighted by molar-refractivity contribution is -0.113. The molecule has 0 aliphatic rings. The van der Waals surface area contributed by atoms with Crippen molar-refractivity contribution >= 4 is 29.3 Å². The SMILES string of the molecule is CNC(=O)c1ccc(NC(=O)CSc2nnc(C)n2Cc2ccccc2)cc1. The van der Waals surface area contributed by atoms with Gasteiger partial charge in [-0.3, -0.25) is 9.59 Å². The number of carbonyl (C=O) groups is 2. The number of aromatic nitrogens is 3. The molecule has 0 fully saturated rings. The van der Waals surface area contributed by atoms with Gasteiger partial charge in [-0.25, -0.2) is 0 Å².